The first-order valence-corrected chi connectivity index (χ1v) is 6.54. The van der Waals surface area contributed by atoms with Crippen molar-refractivity contribution in [2.24, 2.45) is 0 Å². The van der Waals surface area contributed by atoms with Gasteiger partial charge in [0.1, 0.15) is 0 Å². The highest BCUT2D eigenvalue weighted by molar-refractivity contribution is 6.42. The van der Waals surface area contributed by atoms with Gasteiger partial charge in [-0.1, -0.05) is 29.3 Å². The van der Waals surface area contributed by atoms with Crippen LogP contribution in [0.2, 0.25) is 10.0 Å². The third kappa shape index (κ3) is 2.89. The molecule has 5 nitrogen and oxygen atoms in total. The molecule has 1 amide bonds. The molecule has 106 valence electrons. The second-order valence-corrected chi connectivity index (χ2v) is 5.16. The minimum Gasteiger partial charge on any atom is -0.478 e. The zero-order valence-corrected chi connectivity index (χ0v) is 11.8. The third-order valence-corrected chi connectivity index (χ3v) is 3.88. The molecule has 0 spiro atoms. The predicted molar refractivity (Wildman–Crippen MR) is 75.2 cm³/mol. The van der Waals surface area contributed by atoms with Crippen molar-refractivity contribution >= 4 is 40.8 Å². The lowest BCUT2D eigenvalue weighted by Crippen LogP contribution is -2.36. The van der Waals surface area contributed by atoms with E-state index in [1.165, 1.54) is 4.90 Å². The maximum Gasteiger partial charge on any atom is 0.407 e. The quantitative estimate of drug-likeness (QED) is 0.878. The van der Waals surface area contributed by atoms with Crippen LogP contribution in [0.4, 0.5) is 4.79 Å². The van der Waals surface area contributed by atoms with E-state index in [-0.39, 0.29) is 25.1 Å². The van der Waals surface area contributed by atoms with Gasteiger partial charge in [-0.3, -0.25) is 0 Å². The summed E-state index contributed by atoms with van der Waals surface area (Å²) < 4.78 is 0. The summed E-state index contributed by atoms with van der Waals surface area (Å²) in [6, 6.07) is 4.75. The van der Waals surface area contributed by atoms with E-state index in [0.29, 0.717) is 21.2 Å². The lowest BCUT2D eigenvalue weighted by Gasteiger charge is -2.27. The first-order chi connectivity index (χ1) is 9.40. The molecule has 0 atom stereocenters. The monoisotopic (exact) mass is 315 g/mol. The number of hydrogen-bond donors (Lipinski definition) is 2. The highest BCUT2D eigenvalue weighted by atomic mass is 35.5. The van der Waals surface area contributed by atoms with Gasteiger partial charge in [0.2, 0.25) is 0 Å². The van der Waals surface area contributed by atoms with Crippen molar-refractivity contribution in [1.82, 2.24) is 4.90 Å². The molecule has 0 aromatic heterocycles. The summed E-state index contributed by atoms with van der Waals surface area (Å²) in [5.74, 6) is -1.05. The van der Waals surface area contributed by atoms with E-state index in [1.807, 2.05) is 0 Å². The van der Waals surface area contributed by atoms with Crippen LogP contribution in [-0.4, -0.2) is 40.3 Å². The van der Waals surface area contributed by atoms with Gasteiger partial charge in [-0.2, -0.15) is 0 Å². The second kappa shape index (κ2) is 5.73. The lowest BCUT2D eigenvalue weighted by atomic mass is 9.94. The molecular formula is C13H11Cl2NO4. The molecule has 2 rings (SSSR count). The van der Waals surface area contributed by atoms with Crippen molar-refractivity contribution in [3.8, 4) is 0 Å². The number of carboxylic acid groups (broad SMARTS) is 2. The Morgan fingerprint density at radius 2 is 1.85 bits per heavy atom. The first-order valence-electron chi connectivity index (χ1n) is 5.78. The van der Waals surface area contributed by atoms with Gasteiger partial charge in [0.05, 0.1) is 16.6 Å². The number of nitrogens with zero attached hydrogens (tertiary/aromatic N) is 1. The Hall–Kier alpha value is -1.72. The van der Waals surface area contributed by atoms with E-state index >= 15 is 0 Å². The highest BCUT2D eigenvalue weighted by Gasteiger charge is 2.26. The van der Waals surface area contributed by atoms with Crippen LogP contribution in [0.1, 0.15) is 12.0 Å². The van der Waals surface area contributed by atoms with Crippen LogP contribution in [-0.2, 0) is 4.79 Å². The zero-order valence-electron chi connectivity index (χ0n) is 10.3. The van der Waals surface area contributed by atoms with Gasteiger partial charge in [0.15, 0.2) is 0 Å². The highest BCUT2D eigenvalue weighted by Crippen LogP contribution is 2.31. The fraction of sp³-hybridized carbons (Fsp3) is 0.231. The fourth-order valence-corrected chi connectivity index (χ4v) is 2.41. The largest absolute Gasteiger partial charge is 0.478 e. The number of carbonyl (C=O) groups is 2. The molecule has 1 aromatic carbocycles. The molecule has 7 heteroatoms. The van der Waals surface area contributed by atoms with Crippen LogP contribution < -0.4 is 0 Å². The smallest absolute Gasteiger partial charge is 0.407 e. The van der Waals surface area contributed by atoms with Crippen molar-refractivity contribution in [3.63, 3.8) is 0 Å². The van der Waals surface area contributed by atoms with Crippen LogP contribution in [0.5, 0.6) is 0 Å². The summed E-state index contributed by atoms with van der Waals surface area (Å²) in [6.07, 6.45) is -0.913. The number of aliphatic carboxylic acids is 1. The van der Waals surface area contributed by atoms with Gasteiger partial charge >= 0.3 is 12.1 Å². The maximum atomic E-state index is 11.3. The van der Waals surface area contributed by atoms with Crippen LogP contribution in [0.25, 0.3) is 5.57 Å². The van der Waals surface area contributed by atoms with Gasteiger partial charge in [-0.15, -0.1) is 0 Å². The summed E-state index contributed by atoms with van der Waals surface area (Å²) >= 11 is 11.8. The average molecular weight is 316 g/mol. The number of benzene rings is 1. The number of hydrogen-bond acceptors (Lipinski definition) is 2. The Morgan fingerprint density at radius 3 is 2.40 bits per heavy atom. The lowest BCUT2D eigenvalue weighted by molar-refractivity contribution is -0.132. The Labute approximate surface area is 125 Å². The normalized spacial score (nSPS) is 15.4. The molecule has 1 aliphatic heterocycles. The van der Waals surface area contributed by atoms with E-state index in [4.69, 9.17) is 28.3 Å². The summed E-state index contributed by atoms with van der Waals surface area (Å²) in [6.45, 7) is 0.191. The molecule has 0 fully saturated rings. The van der Waals surface area contributed by atoms with Crippen molar-refractivity contribution in [3.05, 3.63) is 39.4 Å². The molecule has 0 unspecified atom stereocenters. The Kier molecular flexibility index (Phi) is 4.20. The topological polar surface area (TPSA) is 77.8 Å². The molecule has 2 N–H and O–H groups in total. The SMILES string of the molecule is O=C(O)C1=C(c2ccc(Cl)c(Cl)c2)CN(C(=O)O)CC1. The fourth-order valence-electron chi connectivity index (χ4n) is 2.11. The third-order valence-electron chi connectivity index (χ3n) is 3.14. The summed E-state index contributed by atoms with van der Waals surface area (Å²) in [7, 11) is 0. The van der Waals surface area contributed by atoms with Crippen LogP contribution in [0.3, 0.4) is 0 Å². The molecule has 1 heterocycles. The maximum absolute atomic E-state index is 11.3. The zero-order chi connectivity index (χ0) is 14.9. The standard InChI is InChI=1S/C13H11Cl2NO4/c14-10-2-1-7(5-11(10)15)9-6-16(13(19)20)4-3-8(9)12(17)18/h1-2,5H,3-4,6H2,(H,17,18)(H,19,20). The Morgan fingerprint density at radius 1 is 1.15 bits per heavy atom. The minimum absolute atomic E-state index is 0.0227. The van der Waals surface area contributed by atoms with Crippen molar-refractivity contribution in [1.29, 1.82) is 0 Å². The Balaban J connectivity index is 2.48. The van der Waals surface area contributed by atoms with Gasteiger partial charge in [-0.25, -0.2) is 9.59 Å². The van der Waals surface area contributed by atoms with Gasteiger partial charge in [-0.05, 0) is 29.7 Å². The molecule has 1 aliphatic rings. The molecule has 20 heavy (non-hydrogen) atoms. The van der Waals surface area contributed by atoms with Crippen molar-refractivity contribution in [2.75, 3.05) is 13.1 Å². The average Bonchev–Trinajstić information content (AvgIpc) is 2.41. The molecule has 0 saturated heterocycles. The molecule has 0 bridgehead atoms. The summed E-state index contributed by atoms with van der Waals surface area (Å²) in [5, 5.41) is 18.9. The van der Waals surface area contributed by atoms with Crippen LogP contribution >= 0.6 is 23.2 Å². The molecular weight excluding hydrogens is 305 g/mol. The van der Waals surface area contributed by atoms with E-state index in [0.717, 1.165) is 0 Å². The van der Waals surface area contributed by atoms with Crippen LogP contribution in [0, 0.1) is 0 Å². The summed E-state index contributed by atoms with van der Waals surface area (Å²) in [4.78, 5) is 23.5. The summed E-state index contributed by atoms with van der Waals surface area (Å²) in [5.41, 5.74) is 1.23. The number of carboxylic acids is 1. The van der Waals surface area contributed by atoms with Crippen molar-refractivity contribution < 1.29 is 19.8 Å². The van der Waals surface area contributed by atoms with Gasteiger partial charge < -0.3 is 15.1 Å². The number of halogens is 2. The molecule has 0 saturated carbocycles. The van der Waals surface area contributed by atoms with Crippen molar-refractivity contribution in [2.45, 2.75) is 6.42 Å². The number of amides is 1. The minimum atomic E-state index is -1.08. The predicted octanol–water partition coefficient (Wildman–Crippen LogP) is 3.22. The van der Waals surface area contributed by atoms with E-state index in [2.05, 4.69) is 0 Å². The first kappa shape index (κ1) is 14.7. The molecule has 1 aromatic rings. The molecule has 0 aliphatic carbocycles. The Bertz CT molecular complexity index is 612. The van der Waals surface area contributed by atoms with E-state index in [1.54, 1.807) is 18.2 Å². The van der Waals surface area contributed by atoms with Gasteiger partial charge in [0.25, 0.3) is 0 Å². The van der Waals surface area contributed by atoms with E-state index < -0.39 is 12.1 Å². The molecule has 0 radical (unpaired) electrons. The second-order valence-electron chi connectivity index (χ2n) is 4.35. The van der Waals surface area contributed by atoms with E-state index in [9.17, 15) is 14.7 Å². The number of rotatable bonds is 2. The van der Waals surface area contributed by atoms with Crippen LogP contribution in [0.15, 0.2) is 23.8 Å². The van der Waals surface area contributed by atoms with Gasteiger partial charge in [0, 0.05) is 12.1 Å².